The van der Waals surface area contributed by atoms with Crippen LogP contribution in [0.5, 0.6) is 0 Å². The van der Waals surface area contributed by atoms with Crippen LogP contribution in [0, 0.1) is 23.7 Å². The highest BCUT2D eigenvalue weighted by Gasteiger charge is 2.48. The van der Waals surface area contributed by atoms with Gasteiger partial charge in [0.25, 0.3) is 0 Å². The van der Waals surface area contributed by atoms with E-state index in [0.29, 0.717) is 28.7 Å². The monoisotopic (exact) mass is 381 g/mol. The molecule has 27 heavy (non-hydrogen) atoms. The molecule has 4 bridgehead atoms. The summed E-state index contributed by atoms with van der Waals surface area (Å²) in [7, 11) is 0. The van der Waals surface area contributed by atoms with Crippen LogP contribution in [0.2, 0.25) is 5.02 Å². The first-order chi connectivity index (χ1) is 13.1. The fourth-order valence-corrected chi connectivity index (χ4v) is 5.87. The first-order valence-electron chi connectivity index (χ1n) is 9.98. The molecule has 1 aromatic heterocycles. The van der Waals surface area contributed by atoms with Crippen molar-refractivity contribution in [3.8, 4) is 11.3 Å². The molecule has 4 aliphatic rings. The Morgan fingerprint density at radius 3 is 2.30 bits per heavy atom. The zero-order chi connectivity index (χ0) is 18.4. The summed E-state index contributed by atoms with van der Waals surface area (Å²) in [6, 6.07) is 11.7. The van der Waals surface area contributed by atoms with Crippen LogP contribution in [0.3, 0.4) is 0 Å². The molecule has 0 radical (unpaired) electrons. The van der Waals surface area contributed by atoms with E-state index in [9.17, 15) is 4.79 Å². The average molecular weight is 382 g/mol. The van der Waals surface area contributed by atoms with Gasteiger partial charge in [0, 0.05) is 22.7 Å². The van der Waals surface area contributed by atoms with Crippen LogP contribution >= 0.6 is 11.6 Å². The molecule has 4 fully saturated rings. The van der Waals surface area contributed by atoms with Gasteiger partial charge >= 0.3 is 0 Å². The van der Waals surface area contributed by atoms with Crippen molar-refractivity contribution in [3.05, 3.63) is 53.3 Å². The van der Waals surface area contributed by atoms with E-state index in [1.807, 2.05) is 36.4 Å². The molecule has 0 aliphatic heterocycles. The minimum atomic E-state index is -0.00286. The van der Waals surface area contributed by atoms with E-state index in [4.69, 9.17) is 16.0 Å². The second-order valence-electron chi connectivity index (χ2n) is 8.51. The van der Waals surface area contributed by atoms with Crippen molar-refractivity contribution in [2.45, 2.75) is 38.1 Å². The van der Waals surface area contributed by atoms with Gasteiger partial charge in [-0.05, 0) is 98.2 Å². The number of furan rings is 1. The lowest BCUT2D eigenvalue weighted by Crippen LogP contribution is -2.55. The Hall–Kier alpha value is -2.00. The second-order valence-corrected chi connectivity index (χ2v) is 8.94. The molecular formula is C23H24ClNO2. The zero-order valence-electron chi connectivity index (χ0n) is 15.2. The number of carbonyl (C=O) groups is 1. The Morgan fingerprint density at radius 1 is 0.963 bits per heavy atom. The summed E-state index contributed by atoms with van der Waals surface area (Å²) in [5, 5.41) is 4.00. The van der Waals surface area contributed by atoms with Crippen LogP contribution in [0.25, 0.3) is 17.4 Å². The Bertz CT molecular complexity index is 839. The van der Waals surface area contributed by atoms with Gasteiger partial charge in [0.1, 0.15) is 11.5 Å². The summed E-state index contributed by atoms with van der Waals surface area (Å²) in [5.41, 5.74) is 0.970. The standard InChI is InChI=1S/C23H24ClNO2/c24-19-3-1-16(2-4-19)21-7-5-20(27-21)6-8-22(26)25-23-17-10-14-9-15(12-17)13-18(23)11-14/h1-8,14-15,17-18,23H,9-13H2,(H,25,26)/b8-6+. The molecule has 1 aromatic carbocycles. The molecule has 0 unspecified atom stereocenters. The van der Waals surface area contributed by atoms with Crippen molar-refractivity contribution in [2.24, 2.45) is 23.7 Å². The van der Waals surface area contributed by atoms with E-state index in [0.717, 1.165) is 23.2 Å². The molecule has 0 spiro atoms. The van der Waals surface area contributed by atoms with Crippen molar-refractivity contribution in [1.29, 1.82) is 0 Å². The van der Waals surface area contributed by atoms with E-state index < -0.39 is 0 Å². The lowest BCUT2D eigenvalue weighted by Gasteiger charge is -2.54. The van der Waals surface area contributed by atoms with E-state index >= 15 is 0 Å². The number of rotatable bonds is 4. The van der Waals surface area contributed by atoms with Gasteiger partial charge in [-0.1, -0.05) is 11.6 Å². The van der Waals surface area contributed by atoms with E-state index in [-0.39, 0.29) is 5.91 Å². The Kier molecular flexibility index (Phi) is 4.35. The second kappa shape index (κ2) is 6.87. The van der Waals surface area contributed by atoms with Crippen LogP contribution in [-0.2, 0) is 4.79 Å². The summed E-state index contributed by atoms with van der Waals surface area (Å²) in [6.45, 7) is 0. The maximum absolute atomic E-state index is 12.5. The van der Waals surface area contributed by atoms with Crippen molar-refractivity contribution in [2.75, 3.05) is 0 Å². The molecule has 140 valence electrons. The Balaban J connectivity index is 1.22. The highest BCUT2D eigenvalue weighted by Crippen LogP contribution is 2.53. The predicted octanol–water partition coefficient (Wildman–Crippen LogP) is 5.55. The van der Waals surface area contributed by atoms with Gasteiger partial charge < -0.3 is 9.73 Å². The summed E-state index contributed by atoms with van der Waals surface area (Å²) < 4.78 is 5.83. The quantitative estimate of drug-likeness (QED) is 0.705. The maximum Gasteiger partial charge on any atom is 0.244 e. The van der Waals surface area contributed by atoms with Gasteiger partial charge in [-0.2, -0.15) is 0 Å². The van der Waals surface area contributed by atoms with Crippen molar-refractivity contribution < 1.29 is 9.21 Å². The summed E-state index contributed by atoms with van der Waals surface area (Å²) in [4.78, 5) is 12.5. The lowest BCUT2D eigenvalue weighted by molar-refractivity contribution is -0.120. The fourth-order valence-electron chi connectivity index (χ4n) is 5.74. The number of hydrogen-bond donors (Lipinski definition) is 1. The van der Waals surface area contributed by atoms with Gasteiger partial charge in [-0.25, -0.2) is 0 Å². The first-order valence-corrected chi connectivity index (χ1v) is 10.4. The number of benzene rings is 1. The zero-order valence-corrected chi connectivity index (χ0v) is 16.0. The van der Waals surface area contributed by atoms with E-state index in [1.165, 1.54) is 32.1 Å². The van der Waals surface area contributed by atoms with Crippen molar-refractivity contribution in [3.63, 3.8) is 0 Å². The largest absolute Gasteiger partial charge is 0.457 e. The van der Waals surface area contributed by atoms with E-state index in [1.54, 1.807) is 12.2 Å². The molecule has 0 atom stereocenters. The minimum absolute atomic E-state index is 0.00286. The van der Waals surface area contributed by atoms with Crippen molar-refractivity contribution >= 4 is 23.6 Å². The van der Waals surface area contributed by atoms with Gasteiger partial charge in [-0.3, -0.25) is 4.79 Å². The molecular weight excluding hydrogens is 358 g/mol. The number of amides is 1. The molecule has 1 heterocycles. The molecule has 4 heteroatoms. The first kappa shape index (κ1) is 17.1. The molecule has 1 amide bonds. The summed E-state index contributed by atoms with van der Waals surface area (Å²) >= 11 is 5.93. The van der Waals surface area contributed by atoms with Crippen LogP contribution in [-0.4, -0.2) is 11.9 Å². The third-order valence-corrected chi connectivity index (χ3v) is 6.94. The number of hydrogen-bond acceptors (Lipinski definition) is 2. The predicted molar refractivity (Wildman–Crippen MR) is 107 cm³/mol. The van der Waals surface area contributed by atoms with Crippen molar-refractivity contribution in [1.82, 2.24) is 5.32 Å². The fraction of sp³-hybridized carbons (Fsp3) is 0.435. The molecule has 6 rings (SSSR count). The van der Waals surface area contributed by atoms with Gasteiger partial charge in [0.2, 0.25) is 5.91 Å². The Labute approximate surface area is 164 Å². The lowest BCUT2D eigenvalue weighted by atomic mass is 9.54. The highest BCUT2D eigenvalue weighted by molar-refractivity contribution is 6.30. The molecule has 0 saturated heterocycles. The summed E-state index contributed by atoms with van der Waals surface area (Å²) in [6.07, 6.45) is 10.0. The minimum Gasteiger partial charge on any atom is -0.457 e. The summed E-state index contributed by atoms with van der Waals surface area (Å²) in [5.74, 6) is 4.68. The van der Waals surface area contributed by atoms with Crippen LogP contribution < -0.4 is 5.32 Å². The van der Waals surface area contributed by atoms with Gasteiger partial charge in [-0.15, -0.1) is 0 Å². The molecule has 2 aromatic rings. The average Bonchev–Trinajstić information content (AvgIpc) is 3.12. The molecule has 1 N–H and O–H groups in total. The smallest absolute Gasteiger partial charge is 0.244 e. The molecule has 4 aliphatic carbocycles. The SMILES string of the molecule is O=C(/C=C/c1ccc(-c2ccc(Cl)cc2)o1)NC1C2CC3CC(C2)CC1C3. The Morgan fingerprint density at radius 2 is 1.63 bits per heavy atom. The maximum atomic E-state index is 12.5. The van der Waals surface area contributed by atoms with E-state index in [2.05, 4.69) is 5.32 Å². The highest BCUT2D eigenvalue weighted by atomic mass is 35.5. The normalized spacial score (nSPS) is 31.5. The molecule has 4 saturated carbocycles. The topological polar surface area (TPSA) is 42.2 Å². The number of halogens is 1. The third kappa shape index (κ3) is 3.45. The van der Waals surface area contributed by atoms with Crippen LogP contribution in [0.4, 0.5) is 0 Å². The molecule has 3 nitrogen and oxygen atoms in total. The van der Waals surface area contributed by atoms with Gasteiger partial charge in [0.15, 0.2) is 0 Å². The number of carbonyl (C=O) groups excluding carboxylic acids is 1. The third-order valence-electron chi connectivity index (χ3n) is 6.69. The van der Waals surface area contributed by atoms with Crippen LogP contribution in [0.15, 0.2) is 46.9 Å². The van der Waals surface area contributed by atoms with Crippen LogP contribution in [0.1, 0.15) is 37.9 Å². The number of nitrogens with one attached hydrogen (secondary N) is 1. The van der Waals surface area contributed by atoms with Gasteiger partial charge in [0.05, 0.1) is 0 Å².